The summed E-state index contributed by atoms with van der Waals surface area (Å²) in [5.41, 5.74) is 0. The van der Waals surface area contributed by atoms with Crippen molar-refractivity contribution in [3.05, 3.63) is 12.1 Å². The van der Waals surface area contributed by atoms with Gasteiger partial charge in [-0.3, -0.25) is 0 Å². The van der Waals surface area contributed by atoms with Gasteiger partial charge in [0.2, 0.25) is 0 Å². The molecule has 0 amide bonds. The lowest BCUT2D eigenvalue weighted by atomic mass is 10.3. The third-order valence-corrected chi connectivity index (χ3v) is 6.97. The molecule has 0 aliphatic rings. The molecule has 0 fully saturated rings. The number of benzene rings is 1. The van der Waals surface area contributed by atoms with Crippen LogP contribution < -0.4 is 0 Å². The molecule has 1 aromatic rings. The average molecular weight is 375 g/mol. The zero-order valence-corrected chi connectivity index (χ0v) is 18.4. The first kappa shape index (κ1) is 20.7. The molecule has 0 unspecified atom stereocenters. The Morgan fingerprint density at radius 2 is 0.636 bits per heavy atom. The molecular weight excluding hydrogens is 344 g/mol. The van der Waals surface area contributed by atoms with Crippen molar-refractivity contribution in [1.29, 1.82) is 0 Å². The minimum absolute atomic E-state index is 0.618. The van der Waals surface area contributed by atoms with Crippen molar-refractivity contribution in [2.45, 2.75) is 96.0 Å². The van der Waals surface area contributed by atoms with E-state index in [-0.39, 0.29) is 0 Å². The molecule has 0 bridgehead atoms. The van der Waals surface area contributed by atoms with Crippen LogP contribution in [0, 0.1) is 0 Å². The molecule has 0 heterocycles. The van der Waals surface area contributed by atoms with E-state index in [0.717, 1.165) is 0 Å². The van der Waals surface area contributed by atoms with Crippen LogP contribution in [0.1, 0.15) is 55.4 Å². The Hall–Kier alpha value is 0.620. The highest BCUT2D eigenvalue weighted by Crippen LogP contribution is 2.44. The van der Waals surface area contributed by atoms with E-state index < -0.39 is 0 Å². The molecule has 0 aliphatic heterocycles. The Morgan fingerprint density at radius 3 is 0.773 bits per heavy atom. The first-order valence-corrected chi connectivity index (χ1v) is 11.6. The van der Waals surface area contributed by atoms with E-state index in [4.69, 9.17) is 0 Å². The Labute approximate surface area is 154 Å². The fourth-order valence-electron chi connectivity index (χ4n) is 1.91. The molecule has 0 nitrogen and oxygen atoms in total. The van der Waals surface area contributed by atoms with Crippen molar-refractivity contribution < 1.29 is 0 Å². The van der Waals surface area contributed by atoms with Crippen molar-refractivity contribution in [3.8, 4) is 0 Å². The summed E-state index contributed by atoms with van der Waals surface area (Å²) in [5, 5.41) is 2.47. The Kier molecular flexibility index (Phi) is 9.21. The van der Waals surface area contributed by atoms with Gasteiger partial charge in [0.1, 0.15) is 0 Å². The van der Waals surface area contributed by atoms with Crippen LogP contribution >= 0.6 is 47.0 Å². The standard InChI is InChI=1S/C18H30S4/c1-11(2)19-15-9-17(21-13(5)6)18(22-14(7)8)10-16(15)20-12(3)4/h9-14H,1-8H3. The maximum absolute atomic E-state index is 2.44. The SMILES string of the molecule is CC(C)Sc1cc(SC(C)C)c(SC(C)C)cc1SC(C)C. The first-order valence-electron chi connectivity index (χ1n) is 8.03. The zero-order chi connectivity index (χ0) is 16.9. The van der Waals surface area contributed by atoms with Crippen LogP contribution in [-0.2, 0) is 0 Å². The van der Waals surface area contributed by atoms with E-state index in [2.05, 4.69) is 67.5 Å². The Morgan fingerprint density at radius 1 is 0.455 bits per heavy atom. The smallest absolute Gasteiger partial charge is 0.0223 e. The van der Waals surface area contributed by atoms with Crippen LogP contribution in [0.3, 0.4) is 0 Å². The lowest BCUT2D eigenvalue weighted by Crippen LogP contribution is -1.97. The van der Waals surface area contributed by atoms with Crippen molar-refractivity contribution in [2.75, 3.05) is 0 Å². The summed E-state index contributed by atoms with van der Waals surface area (Å²) in [6, 6.07) is 4.87. The van der Waals surface area contributed by atoms with Gasteiger partial charge < -0.3 is 0 Å². The highest BCUT2D eigenvalue weighted by Gasteiger charge is 2.16. The normalized spacial score (nSPS) is 12.2. The highest BCUT2D eigenvalue weighted by atomic mass is 32.2. The molecule has 4 heteroatoms. The van der Waals surface area contributed by atoms with E-state index >= 15 is 0 Å². The Balaban J connectivity index is 3.27. The quantitative estimate of drug-likeness (QED) is 0.427. The van der Waals surface area contributed by atoms with E-state index in [1.165, 1.54) is 19.6 Å². The van der Waals surface area contributed by atoms with Gasteiger partial charge in [0, 0.05) is 40.6 Å². The molecule has 0 atom stereocenters. The summed E-state index contributed by atoms with van der Waals surface area (Å²) in [6.07, 6.45) is 0. The van der Waals surface area contributed by atoms with Crippen LogP contribution in [0.15, 0.2) is 31.7 Å². The maximum atomic E-state index is 2.44. The largest absolute Gasteiger partial charge is 0.122 e. The second kappa shape index (κ2) is 9.80. The third-order valence-electron chi connectivity index (χ3n) is 2.46. The van der Waals surface area contributed by atoms with Gasteiger partial charge in [-0.05, 0) is 12.1 Å². The molecule has 0 saturated carbocycles. The highest BCUT2D eigenvalue weighted by molar-refractivity contribution is 8.04. The van der Waals surface area contributed by atoms with Crippen LogP contribution in [0.5, 0.6) is 0 Å². The van der Waals surface area contributed by atoms with Gasteiger partial charge in [-0.15, -0.1) is 47.0 Å². The third kappa shape index (κ3) is 7.46. The van der Waals surface area contributed by atoms with Crippen molar-refractivity contribution in [3.63, 3.8) is 0 Å². The van der Waals surface area contributed by atoms with E-state index in [0.29, 0.717) is 21.0 Å². The monoisotopic (exact) mass is 374 g/mol. The van der Waals surface area contributed by atoms with Gasteiger partial charge >= 0.3 is 0 Å². The van der Waals surface area contributed by atoms with Crippen LogP contribution in [0.25, 0.3) is 0 Å². The van der Waals surface area contributed by atoms with Crippen LogP contribution in [0.2, 0.25) is 0 Å². The predicted molar refractivity (Wildman–Crippen MR) is 110 cm³/mol. The zero-order valence-electron chi connectivity index (χ0n) is 15.1. The fourth-order valence-corrected chi connectivity index (χ4v) is 6.11. The number of thioether (sulfide) groups is 4. The number of hydrogen-bond acceptors (Lipinski definition) is 4. The summed E-state index contributed by atoms with van der Waals surface area (Å²) < 4.78 is 0. The molecule has 22 heavy (non-hydrogen) atoms. The molecule has 0 radical (unpaired) electrons. The molecule has 126 valence electrons. The summed E-state index contributed by atoms with van der Waals surface area (Å²) in [4.78, 5) is 5.80. The average Bonchev–Trinajstić information content (AvgIpc) is 2.31. The lowest BCUT2D eigenvalue weighted by molar-refractivity contribution is 1.02. The summed E-state index contributed by atoms with van der Waals surface area (Å²) in [6.45, 7) is 18.2. The molecule has 0 aromatic heterocycles. The van der Waals surface area contributed by atoms with Crippen LogP contribution in [0.4, 0.5) is 0 Å². The number of hydrogen-bond donors (Lipinski definition) is 0. The molecular formula is C18H30S4. The minimum atomic E-state index is 0.618. The predicted octanol–water partition coefficient (Wildman–Crippen LogP) is 7.69. The molecule has 0 aliphatic carbocycles. The van der Waals surface area contributed by atoms with Gasteiger partial charge in [-0.2, -0.15) is 0 Å². The summed E-state index contributed by atoms with van der Waals surface area (Å²) in [5.74, 6) is 0. The second-order valence-corrected chi connectivity index (χ2v) is 12.9. The van der Waals surface area contributed by atoms with Gasteiger partial charge in [-0.25, -0.2) is 0 Å². The lowest BCUT2D eigenvalue weighted by Gasteiger charge is -2.19. The van der Waals surface area contributed by atoms with Crippen molar-refractivity contribution in [1.82, 2.24) is 0 Å². The van der Waals surface area contributed by atoms with Gasteiger partial charge in [0.15, 0.2) is 0 Å². The molecule has 1 aromatic carbocycles. The van der Waals surface area contributed by atoms with Gasteiger partial charge in [0.25, 0.3) is 0 Å². The maximum Gasteiger partial charge on any atom is 0.0223 e. The van der Waals surface area contributed by atoms with E-state index in [1.54, 1.807) is 0 Å². The molecule has 1 rings (SSSR count). The second-order valence-electron chi connectivity index (χ2n) is 6.41. The minimum Gasteiger partial charge on any atom is -0.122 e. The van der Waals surface area contributed by atoms with Gasteiger partial charge in [-0.1, -0.05) is 55.4 Å². The Bertz CT molecular complexity index is 382. The summed E-state index contributed by atoms with van der Waals surface area (Å²) >= 11 is 7.97. The van der Waals surface area contributed by atoms with E-state index in [9.17, 15) is 0 Å². The number of rotatable bonds is 8. The topological polar surface area (TPSA) is 0 Å². The summed E-state index contributed by atoms with van der Waals surface area (Å²) in [7, 11) is 0. The van der Waals surface area contributed by atoms with Gasteiger partial charge in [0.05, 0.1) is 0 Å². The molecule has 0 N–H and O–H groups in total. The van der Waals surface area contributed by atoms with Crippen LogP contribution in [-0.4, -0.2) is 21.0 Å². The van der Waals surface area contributed by atoms with Crippen molar-refractivity contribution >= 4 is 47.0 Å². The van der Waals surface area contributed by atoms with Crippen molar-refractivity contribution in [2.24, 2.45) is 0 Å². The fraction of sp³-hybridized carbons (Fsp3) is 0.667. The van der Waals surface area contributed by atoms with E-state index in [1.807, 2.05) is 47.0 Å². The first-order chi connectivity index (χ1) is 10.2. The molecule has 0 spiro atoms. The molecule has 0 saturated heterocycles.